The Labute approximate surface area is 142 Å². The molecule has 1 aliphatic rings. The van der Waals surface area contributed by atoms with Gasteiger partial charge in [-0.15, -0.1) is 12.4 Å². The van der Waals surface area contributed by atoms with Crippen molar-refractivity contribution >= 4 is 24.3 Å². The van der Waals surface area contributed by atoms with E-state index in [0.717, 1.165) is 25.7 Å². The van der Waals surface area contributed by atoms with Crippen molar-refractivity contribution in [3.63, 3.8) is 0 Å². The molecule has 1 aliphatic carbocycles. The standard InChI is InChI=1S/C16H23N3O3.ClH/c1-21-13-4-2-3-5-14(13)22-15(20)12-8-6-11(7-9-12)10-19-16(17)18;/h2-5,11-12H,6-10H2,1H3,(H4,17,18,19);1H/t11-,12-;. The van der Waals surface area contributed by atoms with E-state index in [1.54, 1.807) is 19.2 Å². The summed E-state index contributed by atoms with van der Waals surface area (Å²) in [4.78, 5) is 12.3. The van der Waals surface area contributed by atoms with E-state index in [4.69, 9.17) is 20.6 Å². The van der Waals surface area contributed by atoms with Crippen molar-refractivity contribution in [2.45, 2.75) is 25.7 Å². The van der Waals surface area contributed by atoms with Gasteiger partial charge < -0.3 is 20.5 Å². The van der Waals surface area contributed by atoms with Crippen LogP contribution in [0.3, 0.4) is 0 Å². The number of hydrogen-bond donors (Lipinski definition) is 3. The fraction of sp³-hybridized carbons (Fsp3) is 0.500. The predicted molar refractivity (Wildman–Crippen MR) is 91.2 cm³/mol. The monoisotopic (exact) mass is 341 g/mol. The van der Waals surface area contributed by atoms with Crippen molar-refractivity contribution in [3.05, 3.63) is 24.3 Å². The molecule has 0 unspecified atom stereocenters. The summed E-state index contributed by atoms with van der Waals surface area (Å²) in [7, 11) is 1.56. The maximum Gasteiger partial charge on any atom is 0.314 e. The van der Waals surface area contributed by atoms with Gasteiger partial charge in [-0.3, -0.25) is 10.2 Å². The molecule has 0 aliphatic heterocycles. The van der Waals surface area contributed by atoms with E-state index >= 15 is 0 Å². The highest BCUT2D eigenvalue weighted by molar-refractivity contribution is 5.85. The first-order valence-corrected chi connectivity index (χ1v) is 7.52. The molecule has 0 saturated heterocycles. The summed E-state index contributed by atoms with van der Waals surface area (Å²) in [6, 6.07) is 7.16. The number of benzene rings is 1. The molecule has 1 fully saturated rings. The van der Waals surface area contributed by atoms with Crippen LogP contribution in [-0.4, -0.2) is 25.6 Å². The van der Waals surface area contributed by atoms with E-state index in [1.807, 2.05) is 12.1 Å². The minimum atomic E-state index is -0.192. The lowest BCUT2D eigenvalue weighted by atomic mass is 9.82. The molecule has 4 N–H and O–H groups in total. The molecule has 1 saturated carbocycles. The number of nitrogens with one attached hydrogen (secondary N) is 2. The third kappa shape index (κ3) is 5.63. The highest BCUT2D eigenvalue weighted by Crippen LogP contribution is 2.32. The third-order valence-corrected chi connectivity index (χ3v) is 4.04. The first kappa shape index (κ1) is 19.1. The van der Waals surface area contributed by atoms with Gasteiger partial charge in [0.2, 0.25) is 0 Å². The molecule has 0 aromatic heterocycles. The van der Waals surface area contributed by atoms with Crippen LogP contribution >= 0.6 is 12.4 Å². The topological polar surface area (TPSA) is 97.4 Å². The van der Waals surface area contributed by atoms with Crippen LogP contribution < -0.4 is 20.5 Å². The van der Waals surface area contributed by atoms with Crippen molar-refractivity contribution in [2.24, 2.45) is 17.6 Å². The fourth-order valence-electron chi connectivity index (χ4n) is 2.75. The number of esters is 1. The van der Waals surface area contributed by atoms with Gasteiger partial charge >= 0.3 is 5.97 Å². The van der Waals surface area contributed by atoms with Crippen molar-refractivity contribution < 1.29 is 14.3 Å². The number of para-hydroxylation sites is 2. The van der Waals surface area contributed by atoms with Crippen molar-refractivity contribution in [3.8, 4) is 11.5 Å². The number of nitrogens with two attached hydrogens (primary N) is 1. The normalized spacial score (nSPS) is 20.0. The summed E-state index contributed by atoms with van der Waals surface area (Å²) < 4.78 is 10.7. The number of hydrogen-bond acceptors (Lipinski definition) is 4. The SMILES string of the molecule is COc1ccccc1OC(=O)[C@H]1CC[C@H](CNC(=N)N)CC1.Cl. The quantitative estimate of drug-likeness (QED) is 0.330. The minimum absolute atomic E-state index is 0. The number of carbonyl (C=O) groups is 1. The second-order valence-electron chi connectivity index (χ2n) is 5.58. The van der Waals surface area contributed by atoms with Crippen molar-refractivity contribution in [1.82, 2.24) is 5.32 Å². The third-order valence-electron chi connectivity index (χ3n) is 4.04. The Morgan fingerprint density at radius 1 is 1.26 bits per heavy atom. The van der Waals surface area contributed by atoms with Gasteiger partial charge in [0, 0.05) is 6.54 Å². The van der Waals surface area contributed by atoms with Crippen LogP contribution in [-0.2, 0) is 4.79 Å². The molecule has 0 heterocycles. The Balaban J connectivity index is 0.00000264. The molecule has 6 nitrogen and oxygen atoms in total. The van der Waals surface area contributed by atoms with E-state index in [1.165, 1.54) is 0 Å². The number of carbonyl (C=O) groups excluding carboxylic acids is 1. The van der Waals surface area contributed by atoms with E-state index in [-0.39, 0.29) is 30.3 Å². The molecule has 0 spiro atoms. The summed E-state index contributed by atoms with van der Waals surface area (Å²) >= 11 is 0. The van der Waals surface area contributed by atoms with Crippen LogP contribution in [0.1, 0.15) is 25.7 Å². The molecule has 2 rings (SSSR count). The summed E-state index contributed by atoms with van der Waals surface area (Å²) in [5.41, 5.74) is 5.28. The van der Waals surface area contributed by atoms with E-state index in [9.17, 15) is 4.79 Å². The fourth-order valence-corrected chi connectivity index (χ4v) is 2.75. The number of ether oxygens (including phenoxy) is 2. The van der Waals surface area contributed by atoms with Crippen molar-refractivity contribution in [1.29, 1.82) is 5.41 Å². The summed E-state index contributed by atoms with van der Waals surface area (Å²) in [5.74, 6) is 1.23. The summed E-state index contributed by atoms with van der Waals surface area (Å²) in [6.45, 7) is 0.698. The zero-order valence-corrected chi connectivity index (χ0v) is 14.0. The van der Waals surface area contributed by atoms with E-state index < -0.39 is 0 Å². The van der Waals surface area contributed by atoms with Crippen LogP contribution in [0.4, 0.5) is 0 Å². The van der Waals surface area contributed by atoms with Crippen molar-refractivity contribution in [2.75, 3.05) is 13.7 Å². The van der Waals surface area contributed by atoms with Gasteiger partial charge in [-0.1, -0.05) is 12.1 Å². The van der Waals surface area contributed by atoms with Gasteiger partial charge in [-0.2, -0.15) is 0 Å². The molecule has 0 bridgehead atoms. The Morgan fingerprint density at radius 3 is 2.43 bits per heavy atom. The van der Waals surface area contributed by atoms with Crippen LogP contribution in [0, 0.1) is 17.2 Å². The molecule has 23 heavy (non-hydrogen) atoms. The number of halogens is 1. The van der Waals surface area contributed by atoms with Crippen LogP contribution in [0.25, 0.3) is 0 Å². The predicted octanol–water partition coefficient (Wildman–Crippen LogP) is 2.31. The molecular formula is C16H24ClN3O3. The molecule has 0 amide bonds. The minimum Gasteiger partial charge on any atom is -0.493 e. The molecule has 7 heteroatoms. The largest absolute Gasteiger partial charge is 0.493 e. The van der Waals surface area contributed by atoms with Gasteiger partial charge in [-0.05, 0) is 43.7 Å². The summed E-state index contributed by atoms with van der Waals surface area (Å²) in [6.07, 6.45) is 3.48. The van der Waals surface area contributed by atoms with E-state index in [2.05, 4.69) is 5.32 Å². The molecule has 1 aromatic carbocycles. The van der Waals surface area contributed by atoms with Crippen LogP contribution in [0.15, 0.2) is 24.3 Å². The van der Waals surface area contributed by atoms with Gasteiger partial charge in [0.25, 0.3) is 0 Å². The molecule has 0 radical (unpaired) electrons. The highest BCUT2D eigenvalue weighted by Gasteiger charge is 2.28. The Bertz CT molecular complexity index is 531. The lowest BCUT2D eigenvalue weighted by molar-refractivity contribution is -0.140. The molecule has 128 valence electrons. The second-order valence-corrected chi connectivity index (χ2v) is 5.58. The number of methoxy groups -OCH3 is 1. The van der Waals surface area contributed by atoms with Gasteiger partial charge in [0.1, 0.15) is 0 Å². The Hall–Kier alpha value is -1.95. The first-order chi connectivity index (χ1) is 10.6. The molecule has 1 aromatic rings. The number of guanidine groups is 1. The van der Waals surface area contributed by atoms with Gasteiger partial charge in [0.15, 0.2) is 17.5 Å². The Morgan fingerprint density at radius 2 is 1.87 bits per heavy atom. The maximum absolute atomic E-state index is 12.3. The van der Waals surface area contributed by atoms with E-state index in [0.29, 0.717) is 24.0 Å². The van der Waals surface area contributed by atoms with Crippen LogP contribution in [0.5, 0.6) is 11.5 Å². The summed E-state index contributed by atoms with van der Waals surface area (Å²) in [5, 5.41) is 10.0. The average Bonchev–Trinajstić information content (AvgIpc) is 2.54. The van der Waals surface area contributed by atoms with Gasteiger partial charge in [0.05, 0.1) is 13.0 Å². The lowest BCUT2D eigenvalue weighted by Crippen LogP contribution is -2.36. The average molecular weight is 342 g/mol. The smallest absolute Gasteiger partial charge is 0.314 e. The zero-order chi connectivity index (χ0) is 15.9. The molecular weight excluding hydrogens is 318 g/mol. The lowest BCUT2D eigenvalue weighted by Gasteiger charge is -2.27. The first-order valence-electron chi connectivity index (χ1n) is 7.52. The molecule has 0 atom stereocenters. The Kier molecular flexibility index (Phi) is 7.68. The number of rotatable bonds is 5. The van der Waals surface area contributed by atoms with Crippen LogP contribution in [0.2, 0.25) is 0 Å². The second kappa shape index (κ2) is 9.25. The highest BCUT2D eigenvalue weighted by atomic mass is 35.5. The maximum atomic E-state index is 12.3. The zero-order valence-electron chi connectivity index (χ0n) is 13.2. The van der Waals surface area contributed by atoms with Gasteiger partial charge in [-0.25, -0.2) is 0 Å².